The van der Waals surface area contributed by atoms with Crippen LogP contribution in [0.15, 0.2) is 24.7 Å². The number of aromatic nitrogens is 3. The topological polar surface area (TPSA) is 89.7 Å². The van der Waals surface area contributed by atoms with Gasteiger partial charge in [0.1, 0.15) is 10.6 Å². The third kappa shape index (κ3) is 3.53. The van der Waals surface area contributed by atoms with Gasteiger partial charge < -0.3 is 19.5 Å². The maximum atomic E-state index is 11.8. The number of hydrogen-bond donors (Lipinski definition) is 1. The van der Waals surface area contributed by atoms with Crippen molar-refractivity contribution in [3.63, 3.8) is 0 Å². The lowest BCUT2D eigenvalue weighted by atomic mass is 9.92. The predicted octanol–water partition coefficient (Wildman–Crippen LogP) is 3.39. The summed E-state index contributed by atoms with van der Waals surface area (Å²) in [5, 5.41) is 14.6. The van der Waals surface area contributed by atoms with Gasteiger partial charge in [0.05, 0.1) is 48.7 Å². The number of pyridine rings is 1. The highest BCUT2D eigenvalue weighted by atomic mass is 35.5. The van der Waals surface area contributed by atoms with Crippen LogP contribution in [-0.4, -0.2) is 52.1 Å². The molecule has 0 bridgehead atoms. The second-order valence-corrected chi connectivity index (χ2v) is 8.08. The van der Waals surface area contributed by atoms with Crippen LogP contribution in [0.1, 0.15) is 20.8 Å². The third-order valence-electron chi connectivity index (χ3n) is 5.35. The van der Waals surface area contributed by atoms with Crippen molar-refractivity contribution in [1.29, 1.82) is 0 Å². The zero-order valence-electron chi connectivity index (χ0n) is 16.3. The number of carbonyl (C=O) groups is 1. The SMILES string of the molecule is Cl.Cn1ncc2c1-c1c(Oc3cncc(N4CCOCC4)c3)sc(C(=O)O)c1CC2. The highest BCUT2D eigenvalue weighted by Crippen LogP contribution is 2.48. The summed E-state index contributed by atoms with van der Waals surface area (Å²) >= 11 is 1.17. The number of carboxylic acid groups (broad SMARTS) is 1. The Labute approximate surface area is 183 Å². The molecule has 5 rings (SSSR count). The Morgan fingerprint density at radius 2 is 2.03 bits per heavy atom. The minimum Gasteiger partial charge on any atom is -0.477 e. The molecule has 0 amide bonds. The summed E-state index contributed by atoms with van der Waals surface area (Å²) < 4.78 is 13.4. The van der Waals surface area contributed by atoms with Gasteiger partial charge in [-0.2, -0.15) is 5.10 Å². The minimum absolute atomic E-state index is 0. The molecule has 3 aromatic heterocycles. The van der Waals surface area contributed by atoms with Crippen molar-refractivity contribution in [2.75, 3.05) is 31.2 Å². The normalized spacial score (nSPS) is 15.2. The van der Waals surface area contributed by atoms with Crippen LogP contribution >= 0.6 is 23.7 Å². The fraction of sp³-hybridized carbons (Fsp3) is 0.350. The summed E-state index contributed by atoms with van der Waals surface area (Å²) in [4.78, 5) is 18.7. The maximum Gasteiger partial charge on any atom is 0.346 e. The van der Waals surface area contributed by atoms with Crippen molar-refractivity contribution in [2.24, 2.45) is 7.05 Å². The van der Waals surface area contributed by atoms with E-state index in [4.69, 9.17) is 9.47 Å². The number of aryl methyl sites for hydroxylation is 2. The van der Waals surface area contributed by atoms with Gasteiger partial charge in [0.25, 0.3) is 0 Å². The molecule has 4 heterocycles. The summed E-state index contributed by atoms with van der Waals surface area (Å²) in [5.74, 6) is -0.337. The lowest BCUT2D eigenvalue weighted by molar-refractivity contribution is 0.0701. The fourth-order valence-electron chi connectivity index (χ4n) is 3.98. The standard InChI is InChI=1S/C20H20N4O4S.ClH/c1-23-17-12(9-22-23)2-3-15-16(17)20(29-18(15)19(25)26)28-14-8-13(10-21-11-14)24-4-6-27-7-5-24;/h8-11H,2-7H2,1H3,(H,25,26);1H. The second-order valence-electron chi connectivity index (χ2n) is 7.10. The summed E-state index contributed by atoms with van der Waals surface area (Å²) in [6.07, 6.45) is 6.76. The highest BCUT2D eigenvalue weighted by Gasteiger charge is 2.31. The summed E-state index contributed by atoms with van der Waals surface area (Å²) in [7, 11) is 1.87. The number of fused-ring (bicyclic) bond motifs is 3. The quantitative estimate of drug-likeness (QED) is 0.654. The Balaban J connectivity index is 0.00000218. The largest absolute Gasteiger partial charge is 0.477 e. The third-order valence-corrected chi connectivity index (χ3v) is 6.45. The van der Waals surface area contributed by atoms with Crippen molar-refractivity contribution in [3.8, 4) is 22.1 Å². The smallest absolute Gasteiger partial charge is 0.346 e. The number of nitrogens with zero attached hydrogens (tertiary/aromatic N) is 4. The lowest BCUT2D eigenvalue weighted by Gasteiger charge is -2.28. The van der Waals surface area contributed by atoms with Crippen LogP contribution in [0.25, 0.3) is 11.3 Å². The summed E-state index contributed by atoms with van der Waals surface area (Å²) in [6, 6.07) is 1.94. The van der Waals surface area contributed by atoms with Gasteiger partial charge in [-0.25, -0.2) is 4.79 Å². The lowest BCUT2D eigenvalue weighted by Crippen LogP contribution is -2.36. The van der Waals surface area contributed by atoms with Gasteiger partial charge in [-0.1, -0.05) is 11.3 Å². The molecular weight excluding hydrogens is 428 g/mol. The van der Waals surface area contributed by atoms with Crippen LogP contribution in [0.5, 0.6) is 10.8 Å². The van der Waals surface area contributed by atoms with Crippen LogP contribution in [0, 0.1) is 0 Å². The number of morpholine rings is 1. The van der Waals surface area contributed by atoms with E-state index in [-0.39, 0.29) is 12.4 Å². The molecule has 10 heteroatoms. The van der Waals surface area contributed by atoms with E-state index in [9.17, 15) is 9.90 Å². The Kier molecular flexibility index (Phi) is 5.68. The molecule has 0 radical (unpaired) electrons. The second kappa shape index (κ2) is 8.25. The van der Waals surface area contributed by atoms with Gasteiger partial charge in [-0.3, -0.25) is 9.67 Å². The Morgan fingerprint density at radius 1 is 1.23 bits per heavy atom. The van der Waals surface area contributed by atoms with Crippen molar-refractivity contribution in [2.45, 2.75) is 12.8 Å². The zero-order valence-corrected chi connectivity index (χ0v) is 18.0. The first-order valence-electron chi connectivity index (χ1n) is 9.47. The van der Waals surface area contributed by atoms with Crippen molar-refractivity contribution in [1.82, 2.24) is 14.8 Å². The van der Waals surface area contributed by atoms with Crippen molar-refractivity contribution < 1.29 is 19.4 Å². The van der Waals surface area contributed by atoms with E-state index < -0.39 is 5.97 Å². The van der Waals surface area contributed by atoms with Crippen LogP contribution in [0.2, 0.25) is 0 Å². The number of ether oxygens (including phenoxy) is 2. The number of anilines is 1. The van der Waals surface area contributed by atoms with Crippen molar-refractivity contribution in [3.05, 3.63) is 40.7 Å². The molecule has 0 saturated carbocycles. The molecule has 0 atom stereocenters. The Morgan fingerprint density at radius 3 is 2.80 bits per heavy atom. The number of hydrogen-bond acceptors (Lipinski definition) is 7. The van der Waals surface area contributed by atoms with Gasteiger partial charge in [0.15, 0.2) is 5.06 Å². The Hall–Kier alpha value is -2.62. The Bertz CT molecular complexity index is 1090. The molecule has 2 aliphatic rings. The highest BCUT2D eigenvalue weighted by molar-refractivity contribution is 7.16. The number of thiophene rings is 1. The first-order chi connectivity index (χ1) is 14.1. The molecule has 0 aromatic carbocycles. The van der Waals surface area contributed by atoms with Crippen LogP contribution < -0.4 is 9.64 Å². The van der Waals surface area contributed by atoms with E-state index in [1.54, 1.807) is 10.9 Å². The van der Waals surface area contributed by atoms with Gasteiger partial charge >= 0.3 is 5.97 Å². The summed E-state index contributed by atoms with van der Waals surface area (Å²) in [5.41, 5.74) is 4.68. The molecule has 30 heavy (non-hydrogen) atoms. The van der Waals surface area contributed by atoms with Crippen LogP contribution in [-0.2, 0) is 24.6 Å². The molecule has 1 fully saturated rings. The molecule has 3 aromatic rings. The first-order valence-corrected chi connectivity index (χ1v) is 10.3. The van der Waals surface area contributed by atoms with E-state index >= 15 is 0 Å². The number of carboxylic acids is 1. The van der Waals surface area contributed by atoms with Gasteiger partial charge in [0.2, 0.25) is 0 Å². The maximum absolute atomic E-state index is 11.8. The molecule has 1 saturated heterocycles. The number of aromatic carboxylic acids is 1. The average Bonchev–Trinajstić information content (AvgIpc) is 3.30. The van der Waals surface area contributed by atoms with Gasteiger partial charge in [-0.15, -0.1) is 12.4 Å². The minimum atomic E-state index is -0.924. The molecule has 0 spiro atoms. The first kappa shape index (κ1) is 20.6. The average molecular weight is 449 g/mol. The van der Waals surface area contributed by atoms with Gasteiger partial charge in [0, 0.05) is 26.2 Å². The van der Waals surface area contributed by atoms with Crippen LogP contribution in [0.3, 0.4) is 0 Å². The van der Waals surface area contributed by atoms with E-state index in [2.05, 4.69) is 15.0 Å². The molecule has 1 aliphatic carbocycles. The number of rotatable bonds is 4. The molecule has 8 nitrogen and oxygen atoms in total. The summed E-state index contributed by atoms with van der Waals surface area (Å²) in [6.45, 7) is 2.99. The van der Waals surface area contributed by atoms with E-state index in [1.165, 1.54) is 11.3 Å². The molecule has 1 aliphatic heterocycles. The molecule has 1 N–H and O–H groups in total. The fourth-order valence-corrected chi connectivity index (χ4v) is 5.04. The molecular formula is C20H21ClN4O4S. The van der Waals surface area contributed by atoms with Crippen molar-refractivity contribution >= 4 is 35.4 Å². The zero-order chi connectivity index (χ0) is 20.0. The van der Waals surface area contributed by atoms with E-state index in [0.29, 0.717) is 35.3 Å². The van der Waals surface area contributed by atoms with Gasteiger partial charge in [-0.05, 0) is 24.0 Å². The molecule has 158 valence electrons. The predicted molar refractivity (Wildman–Crippen MR) is 115 cm³/mol. The van der Waals surface area contributed by atoms with E-state index in [1.807, 2.05) is 25.5 Å². The monoisotopic (exact) mass is 448 g/mol. The molecule has 0 unspecified atom stereocenters. The van der Waals surface area contributed by atoms with E-state index in [0.717, 1.165) is 47.6 Å². The van der Waals surface area contributed by atoms with Crippen LogP contribution in [0.4, 0.5) is 5.69 Å². The number of halogens is 1.